The number of hydrazine groups is 2. The van der Waals surface area contributed by atoms with E-state index in [-0.39, 0.29) is 0 Å². The van der Waals surface area contributed by atoms with Crippen molar-refractivity contribution in [2.24, 2.45) is 0 Å². The second-order valence-electron chi connectivity index (χ2n) is 4.12. The van der Waals surface area contributed by atoms with Crippen molar-refractivity contribution in [3.8, 4) is 0 Å². The van der Waals surface area contributed by atoms with Crippen LogP contribution in [0.25, 0.3) is 0 Å². The first-order chi connectivity index (χ1) is 8.17. The zero-order chi connectivity index (χ0) is 12.7. The lowest BCUT2D eigenvalue weighted by Crippen LogP contribution is -2.51. The standard InChI is InChI=1S/C11H22N4S2/c1-3-5-7-14(8-6-4-2)10-9-11(16)13-15(17)12-10/h9,12,17H,3-8H2,1-2H3,(H,13,16). The Balaban J connectivity index is 2.63. The average Bonchev–Trinajstić information content (AvgIpc) is 2.28. The van der Waals surface area contributed by atoms with Crippen LogP contribution in [-0.4, -0.2) is 27.5 Å². The van der Waals surface area contributed by atoms with Crippen LogP contribution in [0.5, 0.6) is 0 Å². The van der Waals surface area contributed by atoms with E-state index in [0.717, 1.165) is 18.9 Å². The number of hydrogen-bond donors (Lipinski definition) is 3. The van der Waals surface area contributed by atoms with Gasteiger partial charge >= 0.3 is 0 Å². The van der Waals surface area contributed by atoms with Crippen molar-refractivity contribution in [3.63, 3.8) is 0 Å². The van der Waals surface area contributed by atoms with Crippen molar-refractivity contribution in [3.05, 3.63) is 11.9 Å². The fraction of sp³-hybridized carbons (Fsp3) is 0.727. The van der Waals surface area contributed by atoms with Crippen molar-refractivity contribution >= 4 is 30.0 Å². The molecule has 4 nitrogen and oxygen atoms in total. The molecule has 0 spiro atoms. The molecule has 1 aliphatic heterocycles. The van der Waals surface area contributed by atoms with Gasteiger partial charge in [0.25, 0.3) is 0 Å². The number of thiol groups is 1. The van der Waals surface area contributed by atoms with Crippen molar-refractivity contribution in [2.45, 2.75) is 39.5 Å². The third-order valence-electron chi connectivity index (χ3n) is 2.61. The highest BCUT2D eigenvalue weighted by molar-refractivity contribution is 7.81. The lowest BCUT2D eigenvalue weighted by Gasteiger charge is -2.34. The summed E-state index contributed by atoms with van der Waals surface area (Å²) >= 11 is 9.37. The van der Waals surface area contributed by atoms with E-state index in [1.807, 2.05) is 6.08 Å². The van der Waals surface area contributed by atoms with Crippen molar-refractivity contribution < 1.29 is 0 Å². The number of hydrogen-bond acceptors (Lipinski definition) is 5. The fourth-order valence-corrected chi connectivity index (χ4v) is 2.12. The van der Waals surface area contributed by atoms with Crippen LogP contribution in [0.15, 0.2) is 11.9 Å². The van der Waals surface area contributed by atoms with Crippen LogP contribution in [0.1, 0.15) is 39.5 Å². The van der Waals surface area contributed by atoms with E-state index in [4.69, 9.17) is 12.2 Å². The highest BCUT2D eigenvalue weighted by Crippen LogP contribution is 2.10. The van der Waals surface area contributed by atoms with Crippen LogP contribution in [0.2, 0.25) is 0 Å². The smallest absolute Gasteiger partial charge is 0.121 e. The van der Waals surface area contributed by atoms with Gasteiger partial charge in [0.2, 0.25) is 0 Å². The van der Waals surface area contributed by atoms with Gasteiger partial charge in [0.15, 0.2) is 0 Å². The molecule has 1 rings (SSSR count). The zero-order valence-corrected chi connectivity index (χ0v) is 12.3. The molecule has 0 aromatic rings. The molecule has 17 heavy (non-hydrogen) atoms. The molecule has 0 aromatic carbocycles. The molecule has 1 aliphatic rings. The van der Waals surface area contributed by atoms with Crippen LogP contribution in [0.3, 0.4) is 0 Å². The van der Waals surface area contributed by atoms with Gasteiger partial charge in [0, 0.05) is 19.2 Å². The highest BCUT2D eigenvalue weighted by atomic mass is 32.1. The summed E-state index contributed by atoms with van der Waals surface area (Å²) in [7, 11) is 0. The Labute approximate surface area is 115 Å². The number of unbranched alkanes of at least 4 members (excludes halogenated alkanes) is 2. The molecule has 0 saturated carbocycles. The highest BCUT2D eigenvalue weighted by Gasteiger charge is 2.16. The molecule has 0 saturated heterocycles. The zero-order valence-electron chi connectivity index (χ0n) is 10.6. The van der Waals surface area contributed by atoms with Gasteiger partial charge in [-0.15, -0.1) is 0 Å². The molecular formula is C11H22N4S2. The maximum absolute atomic E-state index is 5.16. The topological polar surface area (TPSA) is 30.5 Å². The predicted octanol–water partition coefficient (Wildman–Crippen LogP) is 2.23. The van der Waals surface area contributed by atoms with E-state index < -0.39 is 0 Å². The first-order valence-corrected chi connectivity index (χ1v) is 7.01. The van der Waals surface area contributed by atoms with Gasteiger partial charge in [-0.25, -0.2) is 0 Å². The maximum Gasteiger partial charge on any atom is 0.121 e. The summed E-state index contributed by atoms with van der Waals surface area (Å²) < 4.78 is 1.50. The van der Waals surface area contributed by atoms with Gasteiger partial charge in [0.1, 0.15) is 10.8 Å². The summed E-state index contributed by atoms with van der Waals surface area (Å²) in [5.41, 5.74) is 6.04. The second kappa shape index (κ2) is 7.79. The molecule has 0 radical (unpaired) electrons. The molecule has 6 heteroatoms. The molecule has 0 bridgehead atoms. The van der Waals surface area contributed by atoms with Gasteiger partial charge < -0.3 is 4.90 Å². The summed E-state index contributed by atoms with van der Waals surface area (Å²) in [6.45, 7) is 6.52. The molecule has 0 amide bonds. The Bertz CT molecular complexity index is 273. The molecule has 0 aliphatic carbocycles. The lowest BCUT2D eigenvalue weighted by atomic mass is 10.2. The molecule has 98 valence electrons. The number of nitrogens with zero attached hydrogens (tertiary/aromatic N) is 2. The third-order valence-corrected chi connectivity index (χ3v) is 3.02. The van der Waals surface area contributed by atoms with Crippen molar-refractivity contribution in [2.75, 3.05) is 13.1 Å². The summed E-state index contributed by atoms with van der Waals surface area (Å²) in [6, 6.07) is 0. The molecule has 0 atom stereocenters. The van der Waals surface area contributed by atoms with Crippen LogP contribution >= 0.6 is 25.0 Å². The predicted molar refractivity (Wildman–Crippen MR) is 79.2 cm³/mol. The van der Waals surface area contributed by atoms with Gasteiger partial charge in [-0.3, -0.25) is 10.9 Å². The van der Waals surface area contributed by atoms with Crippen LogP contribution in [0.4, 0.5) is 0 Å². The Hall–Kier alpha value is -0.460. The normalized spacial score (nSPS) is 16.2. The van der Waals surface area contributed by atoms with E-state index in [9.17, 15) is 0 Å². The summed E-state index contributed by atoms with van der Waals surface area (Å²) in [5.74, 6) is 1.03. The average molecular weight is 274 g/mol. The fourth-order valence-electron chi connectivity index (χ4n) is 1.64. The van der Waals surface area contributed by atoms with E-state index >= 15 is 0 Å². The Morgan fingerprint density at radius 3 is 2.29 bits per heavy atom. The summed E-state index contributed by atoms with van der Waals surface area (Å²) in [6.07, 6.45) is 6.73. The van der Waals surface area contributed by atoms with E-state index in [1.165, 1.54) is 30.2 Å². The third kappa shape index (κ3) is 5.14. The van der Waals surface area contributed by atoms with Crippen LogP contribution in [0, 0.1) is 0 Å². The molecule has 0 fully saturated rings. The summed E-state index contributed by atoms with van der Waals surface area (Å²) in [5, 5.41) is 0. The molecule has 0 unspecified atom stereocenters. The van der Waals surface area contributed by atoms with Crippen LogP contribution < -0.4 is 10.9 Å². The van der Waals surface area contributed by atoms with E-state index in [1.54, 1.807) is 0 Å². The van der Waals surface area contributed by atoms with E-state index in [2.05, 4.69) is 42.4 Å². The molecule has 1 heterocycles. The molecule has 0 aromatic heterocycles. The van der Waals surface area contributed by atoms with Crippen molar-refractivity contribution in [1.29, 1.82) is 0 Å². The molecule has 2 N–H and O–H groups in total. The lowest BCUT2D eigenvalue weighted by molar-refractivity contribution is 0.240. The van der Waals surface area contributed by atoms with Crippen LogP contribution in [-0.2, 0) is 0 Å². The van der Waals surface area contributed by atoms with Gasteiger partial charge in [0.05, 0.1) is 0 Å². The largest absolute Gasteiger partial charge is 0.357 e. The van der Waals surface area contributed by atoms with Gasteiger partial charge in [-0.1, -0.05) is 56.2 Å². The molecular weight excluding hydrogens is 252 g/mol. The van der Waals surface area contributed by atoms with E-state index in [0.29, 0.717) is 4.99 Å². The first-order valence-electron chi connectivity index (χ1n) is 6.20. The Kier molecular flexibility index (Phi) is 6.69. The second-order valence-corrected chi connectivity index (χ2v) is 4.96. The SMILES string of the molecule is CCCCN(CCCC)C1=CC(=S)NN(S)N1. The minimum absolute atomic E-state index is 0.687. The quantitative estimate of drug-likeness (QED) is 0.489. The van der Waals surface area contributed by atoms with Crippen molar-refractivity contribution in [1.82, 2.24) is 20.3 Å². The number of thiocarbonyl (C=S) groups is 1. The summed E-state index contributed by atoms with van der Waals surface area (Å²) in [4.78, 5) is 3.02. The Morgan fingerprint density at radius 2 is 1.82 bits per heavy atom. The minimum Gasteiger partial charge on any atom is -0.357 e. The number of rotatable bonds is 7. The number of nitrogens with one attached hydrogen (secondary N) is 2. The minimum atomic E-state index is 0.687. The Morgan fingerprint density at radius 1 is 1.24 bits per heavy atom. The monoisotopic (exact) mass is 274 g/mol. The first kappa shape index (κ1) is 14.6. The maximum atomic E-state index is 5.16. The van der Waals surface area contributed by atoms with Gasteiger partial charge in [-0.05, 0) is 12.8 Å². The van der Waals surface area contributed by atoms with Gasteiger partial charge in [-0.2, -0.15) is 0 Å².